The highest BCUT2D eigenvalue weighted by atomic mass is 127. The lowest BCUT2D eigenvalue weighted by atomic mass is 10.0. The van der Waals surface area contributed by atoms with E-state index in [9.17, 15) is 4.79 Å². The van der Waals surface area contributed by atoms with Gasteiger partial charge in [-0.05, 0) is 48.9 Å². The molecule has 94 valence electrons. The van der Waals surface area contributed by atoms with Gasteiger partial charge < -0.3 is 4.98 Å². The number of aromatic amines is 1. The van der Waals surface area contributed by atoms with Crippen LogP contribution in [0.25, 0.3) is 0 Å². The number of benzene rings is 1. The van der Waals surface area contributed by atoms with Crippen molar-refractivity contribution in [1.82, 2.24) is 9.97 Å². The van der Waals surface area contributed by atoms with E-state index in [1.54, 1.807) is 0 Å². The Kier molecular flexibility index (Phi) is 3.85. The molecule has 0 saturated heterocycles. The summed E-state index contributed by atoms with van der Waals surface area (Å²) in [5.74, 6) is 0.725. The second-order valence-corrected chi connectivity index (χ2v) is 5.66. The van der Waals surface area contributed by atoms with Gasteiger partial charge in [-0.25, -0.2) is 4.98 Å². The molecule has 18 heavy (non-hydrogen) atoms. The minimum atomic E-state index is -0.0533. The van der Waals surface area contributed by atoms with Crippen LogP contribution in [0.1, 0.15) is 28.2 Å². The molecule has 0 radical (unpaired) electrons. The lowest BCUT2D eigenvalue weighted by Gasteiger charge is -2.06. The summed E-state index contributed by atoms with van der Waals surface area (Å²) in [6, 6.07) is 6.39. The van der Waals surface area contributed by atoms with Gasteiger partial charge in [0.15, 0.2) is 0 Å². The molecule has 0 atom stereocenters. The van der Waals surface area contributed by atoms with Gasteiger partial charge in [0.05, 0.1) is 9.26 Å². The molecule has 0 amide bonds. The Morgan fingerprint density at radius 1 is 1.17 bits per heavy atom. The van der Waals surface area contributed by atoms with Crippen LogP contribution in [0.5, 0.6) is 0 Å². The number of halogens is 1. The third-order valence-electron chi connectivity index (χ3n) is 2.73. The fourth-order valence-electron chi connectivity index (χ4n) is 2.08. The van der Waals surface area contributed by atoms with E-state index in [0.29, 0.717) is 9.99 Å². The van der Waals surface area contributed by atoms with Crippen molar-refractivity contribution in [2.75, 3.05) is 0 Å². The van der Waals surface area contributed by atoms with Crippen LogP contribution in [-0.4, -0.2) is 9.97 Å². The van der Waals surface area contributed by atoms with Gasteiger partial charge in [-0.3, -0.25) is 4.79 Å². The van der Waals surface area contributed by atoms with Crippen molar-refractivity contribution in [3.8, 4) is 0 Å². The SMILES string of the molecule is Cc1cc(C)cc(Cc2nc(C)c(I)c(=O)[nH]2)c1. The molecule has 2 aromatic rings. The molecule has 0 aliphatic carbocycles. The monoisotopic (exact) mass is 354 g/mol. The molecule has 0 aliphatic rings. The van der Waals surface area contributed by atoms with Gasteiger partial charge in [-0.2, -0.15) is 0 Å². The Bertz CT molecular complexity index is 626. The summed E-state index contributed by atoms with van der Waals surface area (Å²) in [7, 11) is 0. The standard InChI is InChI=1S/C14H15IN2O/c1-8-4-9(2)6-11(5-8)7-12-16-10(3)13(15)14(18)17-12/h4-6H,7H2,1-3H3,(H,16,17,18). The van der Waals surface area contributed by atoms with Crippen molar-refractivity contribution in [3.05, 3.63) is 60.3 Å². The quantitative estimate of drug-likeness (QED) is 0.843. The topological polar surface area (TPSA) is 45.8 Å². The molecule has 3 nitrogen and oxygen atoms in total. The highest BCUT2D eigenvalue weighted by Crippen LogP contribution is 2.12. The summed E-state index contributed by atoms with van der Waals surface area (Å²) in [5.41, 5.74) is 4.38. The van der Waals surface area contributed by atoms with Crippen molar-refractivity contribution >= 4 is 22.6 Å². The molecule has 1 heterocycles. The lowest BCUT2D eigenvalue weighted by molar-refractivity contribution is 0.908. The van der Waals surface area contributed by atoms with Gasteiger partial charge in [-0.1, -0.05) is 29.3 Å². The van der Waals surface area contributed by atoms with Crippen molar-refractivity contribution in [1.29, 1.82) is 0 Å². The van der Waals surface area contributed by atoms with E-state index in [0.717, 1.165) is 11.5 Å². The van der Waals surface area contributed by atoms with Crippen molar-refractivity contribution in [2.24, 2.45) is 0 Å². The predicted molar refractivity (Wildman–Crippen MR) is 81.0 cm³/mol. The molecule has 0 unspecified atom stereocenters. The maximum Gasteiger partial charge on any atom is 0.264 e. The second kappa shape index (κ2) is 5.22. The number of aromatic nitrogens is 2. The highest BCUT2D eigenvalue weighted by Gasteiger charge is 2.06. The lowest BCUT2D eigenvalue weighted by Crippen LogP contribution is -2.16. The van der Waals surface area contributed by atoms with Gasteiger partial charge in [0.25, 0.3) is 5.56 Å². The molecule has 0 saturated carbocycles. The first-order valence-electron chi connectivity index (χ1n) is 5.78. The van der Waals surface area contributed by atoms with Gasteiger partial charge in [0, 0.05) is 6.42 Å². The second-order valence-electron chi connectivity index (χ2n) is 4.58. The van der Waals surface area contributed by atoms with Crippen LogP contribution >= 0.6 is 22.6 Å². The Morgan fingerprint density at radius 2 is 1.78 bits per heavy atom. The number of rotatable bonds is 2. The smallest absolute Gasteiger partial charge is 0.264 e. The van der Waals surface area contributed by atoms with Gasteiger partial charge in [0.1, 0.15) is 5.82 Å². The summed E-state index contributed by atoms with van der Waals surface area (Å²) in [6.45, 7) is 6.01. The molecule has 0 spiro atoms. The fraction of sp³-hybridized carbons (Fsp3) is 0.286. The van der Waals surface area contributed by atoms with Crippen LogP contribution in [0, 0.1) is 24.3 Å². The zero-order valence-corrected chi connectivity index (χ0v) is 12.8. The largest absolute Gasteiger partial charge is 0.309 e. The maximum atomic E-state index is 11.7. The van der Waals surface area contributed by atoms with E-state index in [2.05, 4.69) is 42.0 Å². The Labute approximate surface area is 120 Å². The predicted octanol–water partition coefficient (Wildman–Crippen LogP) is 2.89. The van der Waals surface area contributed by atoms with Crippen molar-refractivity contribution in [2.45, 2.75) is 27.2 Å². The molecule has 0 fully saturated rings. The summed E-state index contributed by atoms with van der Waals surface area (Å²) in [6.07, 6.45) is 0.662. The van der Waals surface area contributed by atoms with Crippen molar-refractivity contribution in [3.63, 3.8) is 0 Å². The Hall–Kier alpha value is -1.17. The third kappa shape index (κ3) is 2.98. The van der Waals surface area contributed by atoms with Crippen LogP contribution < -0.4 is 5.56 Å². The molecule has 0 aliphatic heterocycles. The average molecular weight is 354 g/mol. The van der Waals surface area contributed by atoms with Gasteiger partial charge in [-0.15, -0.1) is 0 Å². The van der Waals surface area contributed by atoms with E-state index in [-0.39, 0.29) is 5.56 Å². The van der Waals surface area contributed by atoms with Gasteiger partial charge >= 0.3 is 0 Å². The first-order valence-corrected chi connectivity index (χ1v) is 6.86. The molecular formula is C14H15IN2O. The third-order valence-corrected chi connectivity index (χ3v) is 4.00. The van der Waals surface area contributed by atoms with Gasteiger partial charge in [0.2, 0.25) is 0 Å². The molecule has 1 aromatic heterocycles. The van der Waals surface area contributed by atoms with E-state index >= 15 is 0 Å². The molecular weight excluding hydrogens is 339 g/mol. The minimum absolute atomic E-state index is 0.0533. The fourth-order valence-corrected chi connectivity index (χ4v) is 2.33. The normalized spacial score (nSPS) is 10.7. The number of hydrogen-bond donors (Lipinski definition) is 1. The average Bonchev–Trinajstić information content (AvgIpc) is 2.24. The number of aryl methyl sites for hydroxylation is 3. The first kappa shape index (κ1) is 13.3. The molecule has 1 aromatic carbocycles. The minimum Gasteiger partial charge on any atom is -0.309 e. The highest BCUT2D eigenvalue weighted by molar-refractivity contribution is 14.1. The summed E-state index contributed by atoms with van der Waals surface area (Å²) in [5, 5.41) is 0. The van der Waals surface area contributed by atoms with E-state index in [1.807, 2.05) is 29.5 Å². The van der Waals surface area contributed by atoms with E-state index < -0.39 is 0 Å². The molecule has 0 bridgehead atoms. The zero-order valence-electron chi connectivity index (χ0n) is 10.7. The summed E-state index contributed by atoms with van der Waals surface area (Å²) in [4.78, 5) is 18.9. The summed E-state index contributed by atoms with van der Waals surface area (Å²) >= 11 is 2.02. The number of nitrogens with one attached hydrogen (secondary N) is 1. The molecule has 4 heteroatoms. The van der Waals surface area contributed by atoms with Crippen LogP contribution in [0.2, 0.25) is 0 Å². The zero-order chi connectivity index (χ0) is 13.3. The van der Waals surface area contributed by atoms with E-state index in [1.165, 1.54) is 16.7 Å². The molecule has 2 rings (SSSR count). The number of nitrogens with zero attached hydrogens (tertiary/aromatic N) is 1. The Morgan fingerprint density at radius 3 is 2.33 bits per heavy atom. The van der Waals surface area contributed by atoms with Crippen LogP contribution in [0.3, 0.4) is 0 Å². The van der Waals surface area contributed by atoms with E-state index in [4.69, 9.17) is 0 Å². The maximum absolute atomic E-state index is 11.7. The molecule has 1 N–H and O–H groups in total. The van der Waals surface area contributed by atoms with Crippen LogP contribution in [0.15, 0.2) is 23.0 Å². The van der Waals surface area contributed by atoms with Crippen molar-refractivity contribution < 1.29 is 0 Å². The van der Waals surface area contributed by atoms with Crippen LogP contribution in [0.4, 0.5) is 0 Å². The number of H-pyrrole nitrogens is 1. The Balaban J connectivity index is 2.37. The summed E-state index contributed by atoms with van der Waals surface area (Å²) < 4.78 is 0.664. The first-order chi connectivity index (χ1) is 8.45. The van der Waals surface area contributed by atoms with Crippen LogP contribution in [-0.2, 0) is 6.42 Å². The number of hydrogen-bond acceptors (Lipinski definition) is 2.